The fourth-order valence-corrected chi connectivity index (χ4v) is 8.37. The van der Waals surface area contributed by atoms with E-state index in [1.165, 1.54) is 41.5 Å². The van der Waals surface area contributed by atoms with Gasteiger partial charge in [0.2, 0.25) is 5.60 Å². The third-order valence-electron chi connectivity index (χ3n) is 13.6. The molecule has 0 aliphatic heterocycles. The van der Waals surface area contributed by atoms with Gasteiger partial charge < -0.3 is 38.3 Å². The molecule has 424 valence electrons. The van der Waals surface area contributed by atoms with E-state index < -0.39 is 117 Å². The number of aliphatic hydroxyl groups is 1. The van der Waals surface area contributed by atoms with E-state index in [2.05, 4.69) is 4.74 Å². The Bertz CT molecular complexity index is 1970. The molecule has 0 aromatic heterocycles. The minimum absolute atomic E-state index is 0.0195. The van der Waals surface area contributed by atoms with Crippen LogP contribution in [0.15, 0.2) is 0 Å². The lowest BCUT2D eigenvalue weighted by atomic mass is 9.50. The third kappa shape index (κ3) is 17.1. The van der Waals surface area contributed by atoms with Crippen LogP contribution in [0.5, 0.6) is 0 Å². The first-order valence-corrected chi connectivity index (χ1v) is 23.9. The average Bonchev–Trinajstić information content (AvgIpc) is 3.19. The molecule has 4 aliphatic rings. The normalized spacial score (nSPS) is 22.4. The Morgan fingerprint density at radius 3 is 1.30 bits per heavy atom. The zero-order valence-corrected chi connectivity index (χ0v) is 44.7. The van der Waals surface area contributed by atoms with Crippen LogP contribution in [0.2, 0.25) is 0 Å². The van der Waals surface area contributed by atoms with Gasteiger partial charge in [-0.15, -0.1) is 0 Å². The maximum absolute atomic E-state index is 12.9. The molecule has 4 aliphatic carbocycles. The molecular weight excluding hydrogens is 1000 g/mol. The summed E-state index contributed by atoms with van der Waals surface area (Å²) in [5, 5.41) is 9.27. The molecule has 4 unspecified atom stereocenters. The van der Waals surface area contributed by atoms with E-state index in [4.69, 9.17) is 28.4 Å². The molecule has 15 nitrogen and oxygen atoms in total. The van der Waals surface area contributed by atoms with Gasteiger partial charge in [0.25, 0.3) is 5.60 Å². The Balaban J connectivity index is 0.000000558. The second-order valence-electron chi connectivity index (χ2n) is 22.6. The summed E-state index contributed by atoms with van der Waals surface area (Å²) in [5.41, 5.74) is -16.2. The highest BCUT2D eigenvalue weighted by molar-refractivity contribution is 5.84. The van der Waals surface area contributed by atoms with Crippen LogP contribution in [0.1, 0.15) is 175 Å². The topological polar surface area (TPSA) is 204 Å². The number of carbonyl (C=O) groups is 7. The summed E-state index contributed by atoms with van der Waals surface area (Å²) in [4.78, 5) is 83.4. The van der Waals surface area contributed by atoms with E-state index in [0.29, 0.717) is 45.4 Å². The summed E-state index contributed by atoms with van der Waals surface area (Å²) >= 11 is 0. The fourth-order valence-electron chi connectivity index (χ4n) is 8.37. The zero-order valence-electron chi connectivity index (χ0n) is 44.7. The Kier molecular flexibility index (Phi) is 21.2. The molecule has 24 heteroatoms. The van der Waals surface area contributed by atoms with Crippen molar-refractivity contribution < 1.29 is 111 Å². The van der Waals surface area contributed by atoms with E-state index in [1.807, 2.05) is 27.7 Å². The van der Waals surface area contributed by atoms with Crippen LogP contribution in [0.25, 0.3) is 0 Å². The van der Waals surface area contributed by atoms with E-state index in [-0.39, 0.29) is 44.6 Å². The molecule has 1 N–H and O–H groups in total. The predicted molar refractivity (Wildman–Crippen MR) is 240 cm³/mol. The molecule has 0 spiro atoms. The standard InChI is InChI=1S/C20H27F3O6.C17H30O6.C12H18F6O3/c1-5-16(3,4)14(25)28-18-7-13-6-17(9-18,27-12(2)24)10-19(8-13,11-18)29-15(26)20(21,22)23;1-8-16(4,5)14(19)22-11-13(18)23-17(6,7)15(20)21-10-9-12(2)3;1-6-8(2,3)7(19)21-9(4,5)10(20,11(13,14)15)12(16,17)18/h13H,5-11H2,1-4H3;12H,8-11H2,1-7H3;20H,6H2,1-5H3. The van der Waals surface area contributed by atoms with Gasteiger partial charge in [-0.2, -0.15) is 39.5 Å². The van der Waals surface area contributed by atoms with Crippen LogP contribution in [0.3, 0.4) is 0 Å². The highest BCUT2D eigenvalue weighted by atomic mass is 19.4. The van der Waals surface area contributed by atoms with Crippen molar-refractivity contribution in [3.05, 3.63) is 0 Å². The molecular formula is C49H75F9O15. The Morgan fingerprint density at radius 2 is 0.932 bits per heavy atom. The number of alkyl halides is 9. The second-order valence-corrected chi connectivity index (χ2v) is 22.6. The molecule has 0 aromatic rings. The van der Waals surface area contributed by atoms with Crippen molar-refractivity contribution in [2.75, 3.05) is 13.2 Å². The molecule has 4 atom stereocenters. The minimum atomic E-state index is -6.06. The van der Waals surface area contributed by atoms with Gasteiger partial charge in [-0.05, 0) is 126 Å². The summed E-state index contributed by atoms with van der Waals surface area (Å²) in [6.45, 7) is 23.4. The first-order valence-electron chi connectivity index (χ1n) is 23.9. The van der Waals surface area contributed by atoms with Gasteiger partial charge in [0.15, 0.2) is 12.2 Å². The largest absolute Gasteiger partial charge is 0.490 e. The van der Waals surface area contributed by atoms with Crippen molar-refractivity contribution >= 4 is 41.8 Å². The van der Waals surface area contributed by atoms with Crippen LogP contribution in [0, 0.1) is 28.1 Å². The fraction of sp³-hybridized carbons (Fsp3) is 0.857. The first kappa shape index (κ1) is 66.6. The van der Waals surface area contributed by atoms with E-state index >= 15 is 0 Å². The zero-order chi connectivity index (χ0) is 57.6. The lowest BCUT2D eigenvalue weighted by molar-refractivity contribution is -0.408. The minimum Gasteiger partial charge on any atom is -0.463 e. The molecule has 4 rings (SSSR count). The van der Waals surface area contributed by atoms with Crippen LogP contribution in [0.4, 0.5) is 39.5 Å². The summed E-state index contributed by atoms with van der Waals surface area (Å²) < 4.78 is 151. The van der Waals surface area contributed by atoms with Gasteiger partial charge in [0.1, 0.15) is 16.8 Å². The molecule has 73 heavy (non-hydrogen) atoms. The van der Waals surface area contributed by atoms with Gasteiger partial charge >= 0.3 is 60.3 Å². The molecule has 0 radical (unpaired) electrons. The molecule has 0 aromatic carbocycles. The van der Waals surface area contributed by atoms with Crippen LogP contribution in [-0.4, -0.2) is 112 Å². The quantitative estimate of drug-likeness (QED) is 0.0770. The number of hydrogen-bond donors (Lipinski definition) is 1. The molecule has 4 saturated carbocycles. The van der Waals surface area contributed by atoms with Crippen molar-refractivity contribution in [1.82, 2.24) is 0 Å². The maximum Gasteiger partial charge on any atom is 0.490 e. The Morgan fingerprint density at radius 1 is 0.548 bits per heavy atom. The highest BCUT2D eigenvalue weighted by Crippen LogP contribution is 2.63. The number of ether oxygens (including phenoxy) is 7. The van der Waals surface area contributed by atoms with E-state index in [9.17, 15) is 78.2 Å². The van der Waals surface area contributed by atoms with Gasteiger partial charge in [-0.25, -0.2) is 14.4 Å². The molecule has 0 saturated heterocycles. The van der Waals surface area contributed by atoms with Crippen molar-refractivity contribution in [2.45, 2.75) is 227 Å². The van der Waals surface area contributed by atoms with Crippen LogP contribution < -0.4 is 0 Å². The van der Waals surface area contributed by atoms with Crippen molar-refractivity contribution in [2.24, 2.45) is 28.1 Å². The first-order chi connectivity index (χ1) is 32.5. The number of carbonyl (C=O) groups excluding carboxylic acids is 7. The van der Waals surface area contributed by atoms with Crippen LogP contribution in [-0.2, 0) is 66.7 Å². The SMILES string of the molecule is CCC(C)(C)C(=O)OC(C)(C)C(O)(C(F)(F)F)C(F)(F)F.CCC(C)(C)C(=O)OC12CC3CC(OC(C)=O)(CC(OC(=O)C(F)(F)F)(C3)C1)C2.CCC(C)(C)C(=O)OCC(=O)OC(C)(C)C(=O)OCCC(C)C. The number of halogens is 9. The van der Waals surface area contributed by atoms with E-state index in [0.717, 1.165) is 6.42 Å². The maximum atomic E-state index is 12.9. The summed E-state index contributed by atoms with van der Waals surface area (Å²) in [6.07, 6.45) is -14.0. The molecule has 4 bridgehead atoms. The second kappa shape index (κ2) is 23.2. The van der Waals surface area contributed by atoms with Crippen molar-refractivity contribution in [1.29, 1.82) is 0 Å². The van der Waals surface area contributed by atoms with Crippen molar-refractivity contribution in [3.63, 3.8) is 0 Å². The summed E-state index contributed by atoms with van der Waals surface area (Å²) in [5.74, 6) is -6.21. The van der Waals surface area contributed by atoms with Gasteiger partial charge in [-0.3, -0.25) is 19.2 Å². The molecule has 4 fully saturated rings. The number of esters is 7. The van der Waals surface area contributed by atoms with E-state index in [1.54, 1.807) is 27.7 Å². The average molecular weight is 1080 g/mol. The monoisotopic (exact) mass is 1070 g/mol. The summed E-state index contributed by atoms with van der Waals surface area (Å²) in [7, 11) is 0. The van der Waals surface area contributed by atoms with Gasteiger partial charge in [0.05, 0.1) is 22.9 Å². The lowest BCUT2D eigenvalue weighted by Gasteiger charge is -2.63. The molecule has 0 heterocycles. The Hall–Kier alpha value is -4.38. The van der Waals surface area contributed by atoms with Crippen molar-refractivity contribution in [3.8, 4) is 0 Å². The number of hydrogen-bond acceptors (Lipinski definition) is 15. The van der Waals surface area contributed by atoms with Crippen LogP contribution >= 0.6 is 0 Å². The Labute approximate surface area is 420 Å². The summed E-state index contributed by atoms with van der Waals surface area (Å²) in [6, 6.07) is 0. The highest BCUT2D eigenvalue weighted by Gasteiger charge is 2.79. The lowest BCUT2D eigenvalue weighted by Crippen LogP contribution is -2.70. The smallest absolute Gasteiger partial charge is 0.463 e. The third-order valence-corrected chi connectivity index (χ3v) is 13.6. The predicted octanol–water partition coefficient (Wildman–Crippen LogP) is 10.3. The van der Waals surface area contributed by atoms with Gasteiger partial charge in [0, 0.05) is 26.2 Å². The number of rotatable bonds is 18. The molecule has 0 amide bonds. The van der Waals surface area contributed by atoms with Gasteiger partial charge in [-0.1, -0.05) is 34.6 Å².